The third kappa shape index (κ3) is 8.48. The van der Waals surface area contributed by atoms with Gasteiger partial charge in [-0.1, -0.05) is 24.3 Å². The highest BCUT2D eigenvalue weighted by Gasteiger charge is 2.52. The van der Waals surface area contributed by atoms with Gasteiger partial charge < -0.3 is 20.1 Å². The lowest BCUT2D eigenvalue weighted by atomic mass is 9.79. The second-order valence-electron chi connectivity index (χ2n) is 11.9. The number of piperazine rings is 2. The van der Waals surface area contributed by atoms with E-state index >= 15 is 0 Å². The van der Waals surface area contributed by atoms with Gasteiger partial charge in [0, 0.05) is 74.5 Å². The third-order valence-electron chi connectivity index (χ3n) is 8.84. The molecule has 0 aliphatic carbocycles. The van der Waals surface area contributed by atoms with Crippen molar-refractivity contribution in [2.24, 2.45) is 0 Å². The molecular weight excluding hydrogens is 733 g/mol. The van der Waals surface area contributed by atoms with E-state index in [0.717, 1.165) is 5.52 Å². The van der Waals surface area contributed by atoms with Crippen LogP contribution in [-0.4, -0.2) is 89.4 Å². The number of nitrogens with one attached hydrogen (secondary N) is 2. The summed E-state index contributed by atoms with van der Waals surface area (Å²) in [5.74, 6) is -1.00. The second kappa shape index (κ2) is 16.2. The molecule has 17 heteroatoms. The van der Waals surface area contributed by atoms with Crippen molar-refractivity contribution in [1.29, 1.82) is 0 Å². The number of carbonyl (C=O) groups excluding carboxylic acids is 2. The van der Waals surface area contributed by atoms with Crippen LogP contribution in [0.25, 0.3) is 10.9 Å². The minimum absolute atomic E-state index is 0. The van der Waals surface area contributed by atoms with E-state index in [2.05, 4.69) is 15.3 Å². The van der Waals surface area contributed by atoms with E-state index in [1.54, 1.807) is 53.7 Å². The molecule has 4 aromatic rings. The van der Waals surface area contributed by atoms with Gasteiger partial charge >= 0.3 is 12.4 Å². The molecular formula is C33H35Cl3F6N6O2. The first kappa shape index (κ1) is 40.9. The number of amides is 1. The average molecular weight is 768 g/mol. The number of para-hydroxylation sites is 1. The van der Waals surface area contributed by atoms with E-state index in [1.165, 1.54) is 4.90 Å². The predicted octanol–water partition coefficient (Wildman–Crippen LogP) is 6.28. The summed E-state index contributed by atoms with van der Waals surface area (Å²) in [6.45, 7) is 2.36. The van der Waals surface area contributed by atoms with Crippen LogP contribution < -0.4 is 10.2 Å². The number of halogens is 9. The lowest BCUT2D eigenvalue weighted by Crippen LogP contribution is -2.70. The molecule has 0 radical (unpaired) electrons. The van der Waals surface area contributed by atoms with Gasteiger partial charge in [0.05, 0.1) is 24.2 Å². The van der Waals surface area contributed by atoms with Gasteiger partial charge in [-0.2, -0.15) is 26.3 Å². The molecule has 2 aliphatic heterocycles. The number of alkyl halides is 6. The molecule has 2 N–H and O–H groups in total. The first-order valence-corrected chi connectivity index (χ1v) is 15.1. The van der Waals surface area contributed by atoms with Crippen molar-refractivity contribution in [1.82, 2.24) is 25.1 Å². The Bertz CT molecular complexity index is 1740. The first-order valence-electron chi connectivity index (χ1n) is 15.1. The smallest absolute Gasteiger partial charge is 0.361 e. The van der Waals surface area contributed by atoms with E-state index in [1.807, 2.05) is 11.0 Å². The fourth-order valence-electron chi connectivity index (χ4n) is 6.53. The van der Waals surface area contributed by atoms with E-state index in [0.29, 0.717) is 55.1 Å². The minimum Gasteiger partial charge on any atom is -0.361 e. The van der Waals surface area contributed by atoms with Crippen molar-refractivity contribution >= 4 is 65.6 Å². The molecule has 8 nitrogen and oxygen atoms in total. The number of H-pyrrole nitrogens is 1. The maximum Gasteiger partial charge on any atom is 0.416 e. The van der Waals surface area contributed by atoms with Crippen molar-refractivity contribution in [3.63, 3.8) is 0 Å². The summed E-state index contributed by atoms with van der Waals surface area (Å²) in [6, 6.07) is 13.2. The number of Topliss-reactive ketones (excluding diaryl/α,β-unsaturated/α-hetero) is 1. The Hall–Kier alpha value is -3.56. The summed E-state index contributed by atoms with van der Waals surface area (Å²) in [5, 5.41) is 3.92. The molecule has 1 amide bonds. The molecule has 0 spiro atoms. The highest BCUT2D eigenvalue weighted by molar-refractivity contribution is 6.07. The summed E-state index contributed by atoms with van der Waals surface area (Å²) in [7, 11) is 0. The molecule has 1 atom stereocenters. The van der Waals surface area contributed by atoms with Crippen LogP contribution in [0.1, 0.15) is 27.0 Å². The largest absolute Gasteiger partial charge is 0.416 e. The van der Waals surface area contributed by atoms with Crippen LogP contribution >= 0.6 is 37.2 Å². The Morgan fingerprint density at radius 3 is 2.08 bits per heavy atom. The van der Waals surface area contributed by atoms with Gasteiger partial charge in [-0.3, -0.25) is 14.5 Å². The third-order valence-corrected chi connectivity index (χ3v) is 8.84. The molecule has 0 saturated carbocycles. The molecule has 2 aromatic carbocycles. The summed E-state index contributed by atoms with van der Waals surface area (Å²) in [4.78, 5) is 41.7. The fraction of sp³-hybridized carbons (Fsp3) is 0.364. The van der Waals surface area contributed by atoms with Crippen LogP contribution in [0.15, 0.2) is 73.1 Å². The number of ketones is 1. The Labute approximate surface area is 302 Å². The number of hydrogen-bond acceptors (Lipinski definition) is 6. The van der Waals surface area contributed by atoms with Gasteiger partial charge in [0.1, 0.15) is 11.4 Å². The lowest BCUT2D eigenvalue weighted by molar-refractivity contribution is -0.143. The molecule has 1 unspecified atom stereocenters. The number of pyridine rings is 1. The van der Waals surface area contributed by atoms with E-state index in [4.69, 9.17) is 0 Å². The zero-order valence-corrected chi connectivity index (χ0v) is 28.8. The monoisotopic (exact) mass is 766 g/mol. The molecule has 2 saturated heterocycles. The first-order chi connectivity index (χ1) is 22.3. The number of rotatable bonds is 7. The van der Waals surface area contributed by atoms with Gasteiger partial charge in [-0.25, -0.2) is 4.98 Å². The van der Waals surface area contributed by atoms with Gasteiger partial charge in [-0.15, -0.1) is 37.2 Å². The molecule has 50 heavy (non-hydrogen) atoms. The van der Waals surface area contributed by atoms with Gasteiger partial charge in [0.15, 0.2) is 5.78 Å². The van der Waals surface area contributed by atoms with Crippen LogP contribution in [-0.2, 0) is 23.6 Å². The lowest BCUT2D eigenvalue weighted by Gasteiger charge is -2.50. The number of carbonyl (C=O) groups is 2. The number of hydrogen-bond donors (Lipinski definition) is 2. The van der Waals surface area contributed by atoms with Crippen LogP contribution in [0, 0.1) is 0 Å². The average Bonchev–Trinajstić information content (AvgIpc) is 3.46. The Kier molecular flexibility index (Phi) is 13.2. The quantitative estimate of drug-likeness (QED) is 0.170. The molecule has 0 bridgehead atoms. The summed E-state index contributed by atoms with van der Waals surface area (Å²) in [6.07, 6.45) is -7.30. The summed E-state index contributed by atoms with van der Waals surface area (Å²) in [5.41, 5.74) is -4.59. The minimum atomic E-state index is -5.16. The number of fused-ring (bicyclic) bond motifs is 1. The Morgan fingerprint density at radius 2 is 1.46 bits per heavy atom. The molecule has 2 fully saturated rings. The molecule has 272 valence electrons. The van der Waals surface area contributed by atoms with Crippen LogP contribution in [0.5, 0.6) is 0 Å². The number of anilines is 1. The normalized spacial score (nSPS) is 18.5. The Balaban J connectivity index is 0.00000225. The van der Waals surface area contributed by atoms with Gasteiger partial charge in [0.25, 0.3) is 0 Å². The van der Waals surface area contributed by atoms with Crippen molar-refractivity contribution in [3.05, 3.63) is 95.3 Å². The zero-order valence-electron chi connectivity index (χ0n) is 26.4. The SMILES string of the molecule is Cl.Cl.Cl.O=C(CN1CCNCC1)N1CCN(c2ccccn2)CC1(Cc1c[nH]c2ccccc12)C(=O)c1cc(C(F)(F)F)cc(C(F)(F)F)c1. The number of aromatic amines is 1. The molecule has 2 aliphatic rings. The van der Waals surface area contributed by atoms with Crippen molar-refractivity contribution in [3.8, 4) is 0 Å². The standard InChI is InChI=1S/C33H32F6N6O2.3ClH/c34-32(35,36)24-15-22(16-25(17-24)33(37,38)39)30(47)31(18-23-19-42-27-6-2-1-5-26(23)27)21-44(28-7-3-4-8-41-28)13-14-45(31)29(46)20-43-11-9-40-10-12-43;;;/h1-8,15-17,19,40,42H,9-14,18,20-21H2;3*1H. The van der Waals surface area contributed by atoms with E-state index in [9.17, 15) is 35.9 Å². The van der Waals surface area contributed by atoms with Crippen molar-refractivity contribution in [2.45, 2.75) is 24.3 Å². The molecule has 2 aromatic heterocycles. The van der Waals surface area contributed by atoms with Gasteiger partial charge in [0.2, 0.25) is 5.91 Å². The number of benzene rings is 2. The number of nitrogens with zero attached hydrogens (tertiary/aromatic N) is 4. The summed E-state index contributed by atoms with van der Waals surface area (Å²) < 4.78 is 83.9. The van der Waals surface area contributed by atoms with Crippen molar-refractivity contribution < 1.29 is 35.9 Å². The van der Waals surface area contributed by atoms with Gasteiger partial charge in [-0.05, 0) is 42.0 Å². The zero-order chi connectivity index (χ0) is 33.4. The Morgan fingerprint density at radius 1 is 0.820 bits per heavy atom. The molecule has 4 heterocycles. The van der Waals surface area contributed by atoms with Crippen LogP contribution in [0.2, 0.25) is 0 Å². The maximum absolute atomic E-state index is 14.9. The van der Waals surface area contributed by atoms with Crippen molar-refractivity contribution in [2.75, 3.05) is 57.3 Å². The topological polar surface area (TPSA) is 84.6 Å². The second-order valence-corrected chi connectivity index (χ2v) is 11.9. The maximum atomic E-state index is 14.9. The van der Waals surface area contributed by atoms with E-state index in [-0.39, 0.29) is 75.9 Å². The summed E-state index contributed by atoms with van der Waals surface area (Å²) >= 11 is 0. The van der Waals surface area contributed by atoms with Crippen LogP contribution in [0.4, 0.5) is 32.2 Å². The highest BCUT2D eigenvalue weighted by atomic mass is 35.5. The highest BCUT2D eigenvalue weighted by Crippen LogP contribution is 2.39. The predicted molar refractivity (Wildman–Crippen MR) is 185 cm³/mol. The number of aromatic nitrogens is 2. The molecule has 6 rings (SSSR count). The fourth-order valence-corrected chi connectivity index (χ4v) is 6.53. The van der Waals surface area contributed by atoms with Crippen LogP contribution in [0.3, 0.4) is 0 Å². The van der Waals surface area contributed by atoms with E-state index < -0.39 is 46.3 Å².